The Morgan fingerprint density at radius 1 is 1.33 bits per heavy atom. The van der Waals surface area contributed by atoms with Gasteiger partial charge < -0.3 is 0 Å². The predicted octanol–water partition coefficient (Wildman–Crippen LogP) is 1.84. The van der Waals surface area contributed by atoms with E-state index in [1.807, 2.05) is 13.0 Å². The molecular formula is C12H13NO2. The zero-order chi connectivity index (χ0) is 10.8. The SMILES string of the molecule is CC1CCC(=O)N1C(=O)c1ccccc1. The van der Waals surface area contributed by atoms with E-state index in [9.17, 15) is 9.59 Å². The molecule has 1 unspecified atom stereocenters. The van der Waals surface area contributed by atoms with E-state index in [4.69, 9.17) is 0 Å². The van der Waals surface area contributed by atoms with Gasteiger partial charge in [-0.2, -0.15) is 0 Å². The van der Waals surface area contributed by atoms with Crippen molar-refractivity contribution in [3.8, 4) is 0 Å². The molecule has 0 aliphatic carbocycles. The molecule has 1 atom stereocenters. The molecule has 15 heavy (non-hydrogen) atoms. The lowest BCUT2D eigenvalue weighted by atomic mass is 10.2. The van der Waals surface area contributed by atoms with E-state index in [0.29, 0.717) is 12.0 Å². The number of amides is 2. The monoisotopic (exact) mass is 203 g/mol. The lowest BCUT2D eigenvalue weighted by Gasteiger charge is -2.19. The summed E-state index contributed by atoms with van der Waals surface area (Å²) in [5.74, 6) is -0.234. The van der Waals surface area contributed by atoms with Gasteiger partial charge in [0.2, 0.25) is 5.91 Å². The van der Waals surface area contributed by atoms with Crippen LogP contribution in [0.5, 0.6) is 0 Å². The minimum Gasteiger partial charge on any atom is -0.276 e. The van der Waals surface area contributed by atoms with Crippen molar-refractivity contribution in [3.63, 3.8) is 0 Å². The molecule has 0 radical (unpaired) electrons. The number of imide groups is 1. The number of carbonyl (C=O) groups is 2. The summed E-state index contributed by atoms with van der Waals surface area (Å²) in [6.07, 6.45) is 1.26. The third-order valence-electron chi connectivity index (χ3n) is 2.72. The number of likely N-dealkylation sites (tertiary alicyclic amines) is 1. The van der Waals surface area contributed by atoms with Crippen LogP contribution in [0.25, 0.3) is 0 Å². The van der Waals surface area contributed by atoms with Crippen molar-refractivity contribution in [2.45, 2.75) is 25.8 Å². The van der Waals surface area contributed by atoms with Gasteiger partial charge in [0.1, 0.15) is 0 Å². The van der Waals surface area contributed by atoms with Crippen LogP contribution in [0, 0.1) is 0 Å². The molecule has 1 aromatic rings. The van der Waals surface area contributed by atoms with E-state index < -0.39 is 0 Å². The van der Waals surface area contributed by atoms with Crippen LogP contribution in [0.1, 0.15) is 30.1 Å². The van der Waals surface area contributed by atoms with E-state index in [-0.39, 0.29) is 17.9 Å². The summed E-state index contributed by atoms with van der Waals surface area (Å²) in [4.78, 5) is 24.8. The molecule has 3 heteroatoms. The lowest BCUT2D eigenvalue weighted by Crippen LogP contribution is -2.36. The number of hydrogen-bond acceptors (Lipinski definition) is 2. The second kappa shape index (κ2) is 3.85. The third-order valence-corrected chi connectivity index (χ3v) is 2.72. The molecule has 2 rings (SSSR count). The molecule has 3 nitrogen and oxygen atoms in total. The van der Waals surface area contributed by atoms with Gasteiger partial charge >= 0.3 is 0 Å². The zero-order valence-electron chi connectivity index (χ0n) is 8.64. The Morgan fingerprint density at radius 3 is 2.53 bits per heavy atom. The molecule has 1 saturated heterocycles. The Bertz CT molecular complexity index is 386. The number of hydrogen-bond donors (Lipinski definition) is 0. The van der Waals surface area contributed by atoms with E-state index in [0.717, 1.165) is 6.42 Å². The Labute approximate surface area is 88.7 Å². The van der Waals surface area contributed by atoms with Crippen LogP contribution in [0.15, 0.2) is 30.3 Å². The first-order valence-corrected chi connectivity index (χ1v) is 5.11. The second-order valence-electron chi connectivity index (χ2n) is 3.82. The summed E-state index contributed by atoms with van der Waals surface area (Å²) in [6.45, 7) is 1.91. The largest absolute Gasteiger partial charge is 0.276 e. The number of carbonyl (C=O) groups excluding carboxylic acids is 2. The van der Waals surface area contributed by atoms with Crippen molar-refractivity contribution in [1.29, 1.82) is 0 Å². The maximum atomic E-state index is 12.0. The van der Waals surface area contributed by atoms with E-state index >= 15 is 0 Å². The van der Waals surface area contributed by atoms with Crippen molar-refractivity contribution in [1.82, 2.24) is 4.90 Å². The predicted molar refractivity (Wildman–Crippen MR) is 56.3 cm³/mol. The smallest absolute Gasteiger partial charge is 0.260 e. The van der Waals surface area contributed by atoms with E-state index in [1.54, 1.807) is 24.3 Å². The molecule has 0 saturated carbocycles. The molecule has 1 heterocycles. The fourth-order valence-corrected chi connectivity index (χ4v) is 1.86. The lowest BCUT2D eigenvalue weighted by molar-refractivity contribution is -0.126. The molecular weight excluding hydrogens is 190 g/mol. The van der Waals surface area contributed by atoms with Crippen LogP contribution in [0.3, 0.4) is 0 Å². The van der Waals surface area contributed by atoms with Gasteiger partial charge in [-0.3, -0.25) is 14.5 Å². The Hall–Kier alpha value is -1.64. The van der Waals surface area contributed by atoms with E-state index in [2.05, 4.69) is 0 Å². The van der Waals surface area contributed by atoms with Crippen LogP contribution in [-0.2, 0) is 4.79 Å². The maximum Gasteiger partial charge on any atom is 0.260 e. The van der Waals surface area contributed by atoms with Crippen LogP contribution >= 0.6 is 0 Å². The highest BCUT2D eigenvalue weighted by Crippen LogP contribution is 2.20. The van der Waals surface area contributed by atoms with Gasteiger partial charge in [-0.15, -0.1) is 0 Å². The maximum absolute atomic E-state index is 12.0. The minimum atomic E-state index is -0.175. The summed E-state index contributed by atoms with van der Waals surface area (Å²) in [7, 11) is 0. The molecule has 0 aromatic heterocycles. The standard InChI is InChI=1S/C12H13NO2/c1-9-7-8-11(14)13(9)12(15)10-5-3-2-4-6-10/h2-6,9H,7-8H2,1H3. The first-order valence-electron chi connectivity index (χ1n) is 5.11. The second-order valence-corrected chi connectivity index (χ2v) is 3.82. The molecule has 1 aromatic carbocycles. The van der Waals surface area contributed by atoms with Crippen molar-refractivity contribution in [3.05, 3.63) is 35.9 Å². The van der Waals surface area contributed by atoms with Gasteiger partial charge in [0.15, 0.2) is 0 Å². The van der Waals surface area contributed by atoms with Crippen LogP contribution in [-0.4, -0.2) is 22.8 Å². The summed E-state index contributed by atoms with van der Waals surface area (Å²) in [5, 5.41) is 0. The number of benzene rings is 1. The van der Waals surface area contributed by atoms with Gasteiger partial charge in [-0.25, -0.2) is 0 Å². The summed E-state index contributed by atoms with van der Waals surface area (Å²) < 4.78 is 0. The molecule has 0 N–H and O–H groups in total. The molecule has 1 fully saturated rings. The van der Waals surface area contributed by atoms with Gasteiger partial charge in [0, 0.05) is 18.0 Å². The minimum absolute atomic E-state index is 0.0326. The average Bonchev–Trinajstić information content (AvgIpc) is 2.59. The van der Waals surface area contributed by atoms with Crippen LogP contribution < -0.4 is 0 Å². The highest BCUT2D eigenvalue weighted by atomic mass is 16.2. The van der Waals surface area contributed by atoms with Crippen LogP contribution in [0.4, 0.5) is 0 Å². The van der Waals surface area contributed by atoms with Crippen molar-refractivity contribution >= 4 is 11.8 Å². The summed E-state index contributed by atoms with van der Waals surface area (Å²) in [5.41, 5.74) is 0.583. The highest BCUT2D eigenvalue weighted by molar-refractivity contribution is 6.05. The topological polar surface area (TPSA) is 37.4 Å². The fourth-order valence-electron chi connectivity index (χ4n) is 1.86. The Kier molecular flexibility index (Phi) is 2.54. The van der Waals surface area contributed by atoms with Crippen molar-refractivity contribution in [2.75, 3.05) is 0 Å². The van der Waals surface area contributed by atoms with Gasteiger partial charge in [0.05, 0.1) is 0 Å². The third kappa shape index (κ3) is 1.77. The van der Waals surface area contributed by atoms with Gasteiger partial charge in [-0.1, -0.05) is 18.2 Å². The highest BCUT2D eigenvalue weighted by Gasteiger charge is 2.33. The molecule has 1 aliphatic rings. The normalized spacial score (nSPS) is 20.7. The first-order chi connectivity index (χ1) is 7.20. The number of nitrogens with zero attached hydrogens (tertiary/aromatic N) is 1. The van der Waals surface area contributed by atoms with E-state index in [1.165, 1.54) is 4.90 Å². The molecule has 1 aliphatic heterocycles. The molecule has 0 bridgehead atoms. The van der Waals surface area contributed by atoms with Crippen molar-refractivity contribution in [2.24, 2.45) is 0 Å². The Morgan fingerprint density at radius 2 is 2.00 bits per heavy atom. The zero-order valence-corrected chi connectivity index (χ0v) is 8.64. The molecule has 0 spiro atoms. The average molecular weight is 203 g/mol. The molecule has 78 valence electrons. The Balaban J connectivity index is 2.25. The molecule has 2 amide bonds. The van der Waals surface area contributed by atoms with Crippen LogP contribution in [0.2, 0.25) is 0 Å². The first kappa shape index (κ1) is 9.90. The quantitative estimate of drug-likeness (QED) is 0.653. The summed E-state index contributed by atoms with van der Waals surface area (Å²) >= 11 is 0. The van der Waals surface area contributed by atoms with Gasteiger partial charge in [0.25, 0.3) is 5.91 Å². The number of rotatable bonds is 1. The van der Waals surface area contributed by atoms with Crippen molar-refractivity contribution < 1.29 is 9.59 Å². The summed E-state index contributed by atoms with van der Waals surface area (Å²) in [6, 6.07) is 8.97. The van der Waals surface area contributed by atoms with Gasteiger partial charge in [-0.05, 0) is 25.5 Å². The fraction of sp³-hybridized carbons (Fsp3) is 0.333.